The third-order valence-corrected chi connectivity index (χ3v) is 9.04. The summed E-state index contributed by atoms with van der Waals surface area (Å²) in [4.78, 5) is 7.70. The molecule has 0 amide bonds. The molecule has 0 bridgehead atoms. The fourth-order valence-electron chi connectivity index (χ4n) is 6.75. The van der Waals surface area contributed by atoms with Crippen LogP contribution in [-0.4, -0.2) is 50.7 Å². The van der Waals surface area contributed by atoms with Crippen molar-refractivity contribution in [3.05, 3.63) is 161 Å². The molecule has 0 saturated carbocycles. The van der Waals surface area contributed by atoms with E-state index in [4.69, 9.17) is 4.98 Å². The Morgan fingerprint density at radius 2 is 1.24 bits per heavy atom. The maximum absolute atomic E-state index is 10.8. The quantitative estimate of drug-likeness (QED) is 0.146. The van der Waals surface area contributed by atoms with Crippen molar-refractivity contribution in [1.82, 2.24) is 24.9 Å². The van der Waals surface area contributed by atoms with Gasteiger partial charge < -0.3 is 9.67 Å². The SMILES string of the molecule is CCCCC(NN1CCN(Cc2ccccc2)CC1)c1cn(C(c2ccccc2)(c2ccccc2)c2ccccc2)c(CO)n1. The summed E-state index contributed by atoms with van der Waals surface area (Å²) in [5, 5.41) is 13.2. The van der Waals surface area contributed by atoms with Crippen molar-refractivity contribution < 1.29 is 5.11 Å². The summed E-state index contributed by atoms with van der Waals surface area (Å²) in [5.41, 5.74) is 8.84. The standard InChI is InChI=1S/C39H45N5O/c1-2-3-24-36(41-43-27-25-42(26-28-43)29-32-16-8-4-9-17-32)37-30-44(38(31-45)40-37)39(33-18-10-5-11-19-33,34-20-12-6-13-21-34)35-22-14-7-15-23-35/h4-23,30,36,41,45H,2-3,24-29,31H2,1H3. The normalized spacial score (nSPS) is 15.2. The number of hydrogen-bond acceptors (Lipinski definition) is 5. The zero-order chi connectivity index (χ0) is 30.9. The number of hydrazine groups is 1. The molecule has 45 heavy (non-hydrogen) atoms. The molecule has 5 aromatic rings. The number of imidazole rings is 1. The van der Waals surface area contributed by atoms with Crippen LogP contribution in [0.1, 0.15) is 66.0 Å². The van der Waals surface area contributed by atoms with Crippen LogP contribution < -0.4 is 5.43 Å². The first-order chi connectivity index (χ1) is 22.2. The average molecular weight is 600 g/mol. The summed E-state index contributed by atoms with van der Waals surface area (Å²) in [6, 6.07) is 42.6. The van der Waals surface area contributed by atoms with E-state index >= 15 is 0 Å². The molecule has 6 nitrogen and oxygen atoms in total. The Morgan fingerprint density at radius 1 is 0.733 bits per heavy atom. The maximum atomic E-state index is 10.8. The molecule has 6 heteroatoms. The highest BCUT2D eigenvalue weighted by molar-refractivity contribution is 5.51. The van der Waals surface area contributed by atoms with Crippen molar-refractivity contribution in [3.63, 3.8) is 0 Å². The van der Waals surface area contributed by atoms with Gasteiger partial charge in [-0.2, -0.15) is 0 Å². The Balaban J connectivity index is 1.36. The first kappa shape index (κ1) is 30.9. The zero-order valence-corrected chi connectivity index (χ0v) is 26.3. The molecule has 2 N–H and O–H groups in total. The third-order valence-electron chi connectivity index (χ3n) is 9.04. The van der Waals surface area contributed by atoms with Crippen molar-refractivity contribution in [2.45, 2.75) is 50.9 Å². The van der Waals surface area contributed by atoms with Crippen LogP contribution in [0.5, 0.6) is 0 Å². The van der Waals surface area contributed by atoms with Gasteiger partial charge in [0.1, 0.15) is 18.0 Å². The number of hydrogen-bond donors (Lipinski definition) is 2. The van der Waals surface area contributed by atoms with Crippen molar-refractivity contribution in [2.24, 2.45) is 0 Å². The number of nitrogens with zero attached hydrogens (tertiary/aromatic N) is 4. The van der Waals surface area contributed by atoms with Gasteiger partial charge in [-0.1, -0.05) is 141 Å². The summed E-state index contributed by atoms with van der Waals surface area (Å²) in [5.74, 6) is 0.650. The van der Waals surface area contributed by atoms with E-state index in [0.717, 1.165) is 74.4 Å². The molecule has 232 valence electrons. The number of rotatable bonds is 13. The molecular weight excluding hydrogens is 554 g/mol. The largest absolute Gasteiger partial charge is 0.388 e. The second-order valence-electron chi connectivity index (χ2n) is 12.0. The van der Waals surface area contributed by atoms with Crippen LogP contribution in [-0.2, 0) is 18.7 Å². The predicted molar refractivity (Wildman–Crippen MR) is 181 cm³/mol. The summed E-state index contributed by atoms with van der Waals surface area (Å²) in [7, 11) is 0. The summed E-state index contributed by atoms with van der Waals surface area (Å²) in [6.45, 7) is 6.99. The molecule has 2 heterocycles. The first-order valence-electron chi connectivity index (χ1n) is 16.4. The molecule has 1 aliphatic heterocycles. The summed E-state index contributed by atoms with van der Waals surface area (Å²) >= 11 is 0. The van der Waals surface area contributed by atoms with Crippen molar-refractivity contribution in [1.29, 1.82) is 0 Å². The second kappa shape index (κ2) is 14.8. The Bertz CT molecular complexity index is 1490. The number of piperazine rings is 1. The van der Waals surface area contributed by atoms with E-state index in [1.54, 1.807) is 0 Å². The van der Waals surface area contributed by atoms with Crippen LogP contribution in [0.2, 0.25) is 0 Å². The number of unbranched alkanes of at least 4 members (excludes halogenated alkanes) is 1. The first-order valence-corrected chi connectivity index (χ1v) is 16.4. The molecule has 1 unspecified atom stereocenters. The zero-order valence-electron chi connectivity index (χ0n) is 26.3. The minimum absolute atomic E-state index is 0.0391. The van der Waals surface area contributed by atoms with E-state index in [1.807, 2.05) is 0 Å². The summed E-state index contributed by atoms with van der Waals surface area (Å²) < 4.78 is 2.22. The molecule has 1 atom stereocenters. The minimum Gasteiger partial charge on any atom is -0.388 e. The smallest absolute Gasteiger partial charge is 0.136 e. The highest BCUT2D eigenvalue weighted by Crippen LogP contribution is 2.42. The van der Waals surface area contributed by atoms with Crippen LogP contribution in [0.4, 0.5) is 0 Å². The fraction of sp³-hybridized carbons (Fsp3) is 0.308. The Kier molecular flexibility index (Phi) is 10.2. The van der Waals surface area contributed by atoms with Crippen LogP contribution in [0.25, 0.3) is 0 Å². The van der Waals surface area contributed by atoms with Gasteiger partial charge >= 0.3 is 0 Å². The van der Waals surface area contributed by atoms with Crippen molar-refractivity contribution in [2.75, 3.05) is 26.2 Å². The van der Waals surface area contributed by atoms with E-state index < -0.39 is 5.54 Å². The summed E-state index contributed by atoms with van der Waals surface area (Å²) in [6.07, 6.45) is 5.36. The van der Waals surface area contributed by atoms with Crippen LogP contribution in [0.3, 0.4) is 0 Å². The Hall–Kier alpha value is -4.07. The lowest BCUT2D eigenvalue weighted by molar-refractivity contribution is 0.0678. The minimum atomic E-state index is -0.717. The van der Waals surface area contributed by atoms with Gasteiger partial charge in [-0.25, -0.2) is 15.4 Å². The molecule has 1 aliphatic rings. The van der Waals surface area contributed by atoms with E-state index in [-0.39, 0.29) is 12.6 Å². The lowest BCUT2D eigenvalue weighted by Gasteiger charge is -2.38. The molecule has 1 saturated heterocycles. The van der Waals surface area contributed by atoms with Gasteiger partial charge in [0.15, 0.2) is 0 Å². The maximum Gasteiger partial charge on any atom is 0.136 e. The lowest BCUT2D eigenvalue weighted by atomic mass is 9.76. The van der Waals surface area contributed by atoms with Crippen LogP contribution in [0.15, 0.2) is 128 Å². The number of aliphatic hydroxyl groups is 1. The molecule has 0 spiro atoms. The monoisotopic (exact) mass is 599 g/mol. The molecule has 0 radical (unpaired) electrons. The Morgan fingerprint density at radius 3 is 1.73 bits per heavy atom. The van der Waals surface area contributed by atoms with Gasteiger partial charge in [-0.05, 0) is 28.7 Å². The van der Waals surface area contributed by atoms with Gasteiger partial charge in [-0.3, -0.25) is 4.90 Å². The second-order valence-corrected chi connectivity index (χ2v) is 12.0. The van der Waals surface area contributed by atoms with E-state index in [9.17, 15) is 5.11 Å². The van der Waals surface area contributed by atoms with Crippen LogP contribution >= 0.6 is 0 Å². The van der Waals surface area contributed by atoms with E-state index in [1.165, 1.54) is 5.56 Å². The molecule has 6 rings (SSSR count). The lowest BCUT2D eigenvalue weighted by Crippen LogP contribution is -2.52. The van der Waals surface area contributed by atoms with Gasteiger partial charge in [-0.15, -0.1) is 0 Å². The topological polar surface area (TPSA) is 56.6 Å². The third kappa shape index (κ3) is 6.80. The number of aliphatic hydroxyl groups excluding tert-OH is 1. The number of benzene rings is 4. The number of aromatic nitrogens is 2. The molecular formula is C39H45N5O. The van der Waals surface area contributed by atoms with Gasteiger partial charge in [0.25, 0.3) is 0 Å². The van der Waals surface area contributed by atoms with Gasteiger partial charge in [0.05, 0.1) is 11.7 Å². The molecule has 4 aromatic carbocycles. The van der Waals surface area contributed by atoms with Crippen molar-refractivity contribution >= 4 is 0 Å². The van der Waals surface area contributed by atoms with Crippen LogP contribution in [0, 0.1) is 0 Å². The Labute approximate surface area is 268 Å². The van der Waals surface area contributed by atoms with E-state index in [0.29, 0.717) is 5.82 Å². The van der Waals surface area contributed by atoms with Gasteiger partial charge in [0.2, 0.25) is 0 Å². The average Bonchev–Trinajstić information content (AvgIpc) is 3.54. The van der Waals surface area contributed by atoms with E-state index in [2.05, 4.69) is 154 Å². The molecule has 1 aromatic heterocycles. The number of nitrogens with one attached hydrogen (secondary N) is 1. The fourth-order valence-corrected chi connectivity index (χ4v) is 6.75. The predicted octanol–water partition coefficient (Wildman–Crippen LogP) is 6.77. The highest BCUT2D eigenvalue weighted by atomic mass is 16.3. The molecule has 0 aliphatic carbocycles. The van der Waals surface area contributed by atoms with Gasteiger partial charge in [0, 0.05) is 38.9 Å². The highest BCUT2D eigenvalue weighted by Gasteiger charge is 2.40. The molecule has 1 fully saturated rings. The van der Waals surface area contributed by atoms with Crippen molar-refractivity contribution in [3.8, 4) is 0 Å².